The third-order valence-corrected chi connectivity index (χ3v) is 3.23. The number of nitriles is 1. The van der Waals surface area contributed by atoms with E-state index in [1.807, 2.05) is 49.6 Å². The molecule has 1 heterocycles. The summed E-state index contributed by atoms with van der Waals surface area (Å²) >= 11 is 5.79. The quantitative estimate of drug-likeness (QED) is 0.805. The zero-order valence-corrected chi connectivity index (χ0v) is 11.7. The molecule has 0 saturated carbocycles. The highest BCUT2D eigenvalue weighted by Gasteiger charge is 2.09. The Morgan fingerprint density at radius 1 is 1.42 bits per heavy atom. The lowest BCUT2D eigenvalue weighted by atomic mass is 10.1. The summed E-state index contributed by atoms with van der Waals surface area (Å²) in [5.41, 5.74) is 3.61. The first kappa shape index (κ1) is 13.4. The van der Waals surface area contributed by atoms with E-state index in [0.717, 1.165) is 16.8 Å². The maximum Gasteiger partial charge on any atom is 0.101 e. The Bertz CT molecular complexity index is 612. The topological polar surface area (TPSA) is 44.9 Å². The molecule has 0 unspecified atom stereocenters. The predicted octanol–water partition coefficient (Wildman–Crippen LogP) is 2.67. The highest BCUT2D eigenvalue weighted by Crippen LogP contribution is 2.22. The van der Waals surface area contributed by atoms with Gasteiger partial charge in [0.2, 0.25) is 0 Å². The number of halogens is 1. The van der Waals surface area contributed by atoms with Crippen molar-refractivity contribution in [2.24, 2.45) is 7.05 Å². The summed E-state index contributed by atoms with van der Waals surface area (Å²) < 4.78 is 1.77. The zero-order valence-electron chi connectivity index (χ0n) is 11.0. The third kappa shape index (κ3) is 3.07. The van der Waals surface area contributed by atoms with Gasteiger partial charge in [0.1, 0.15) is 6.07 Å². The first-order valence-electron chi connectivity index (χ1n) is 5.91. The van der Waals surface area contributed by atoms with Crippen molar-refractivity contribution in [2.75, 3.05) is 11.9 Å². The molecule has 0 fully saturated rings. The molecular weight excluding hydrogens is 260 g/mol. The maximum absolute atomic E-state index is 9.22. The SMILES string of the molecule is CN(Cc1cnn(C)c1)c1ccc(CCl)cc1C#N. The number of rotatable bonds is 4. The van der Waals surface area contributed by atoms with E-state index in [4.69, 9.17) is 11.6 Å². The highest BCUT2D eigenvalue weighted by atomic mass is 35.5. The van der Waals surface area contributed by atoms with Crippen molar-refractivity contribution in [3.05, 3.63) is 47.3 Å². The maximum atomic E-state index is 9.22. The lowest BCUT2D eigenvalue weighted by Gasteiger charge is -2.20. The van der Waals surface area contributed by atoms with Crippen LogP contribution in [-0.2, 0) is 19.5 Å². The summed E-state index contributed by atoms with van der Waals surface area (Å²) in [5.74, 6) is 0.418. The smallest absolute Gasteiger partial charge is 0.101 e. The molecule has 1 aromatic heterocycles. The molecule has 2 rings (SSSR count). The summed E-state index contributed by atoms with van der Waals surface area (Å²) in [6.45, 7) is 0.711. The van der Waals surface area contributed by atoms with E-state index in [2.05, 4.69) is 11.2 Å². The van der Waals surface area contributed by atoms with Crippen LogP contribution in [-0.4, -0.2) is 16.8 Å². The van der Waals surface area contributed by atoms with Gasteiger partial charge in [0, 0.05) is 38.3 Å². The Balaban J connectivity index is 2.23. The summed E-state index contributed by atoms with van der Waals surface area (Å²) in [5, 5.41) is 13.4. The predicted molar refractivity (Wildman–Crippen MR) is 76.0 cm³/mol. The molecule has 0 radical (unpaired) electrons. The number of benzene rings is 1. The van der Waals surface area contributed by atoms with Crippen LogP contribution in [0.15, 0.2) is 30.6 Å². The van der Waals surface area contributed by atoms with E-state index in [1.54, 1.807) is 4.68 Å². The van der Waals surface area contributed by atoms with Crippen molar-refractivity contribution >= 4 is 17.3 Å². The molecule has 0 saturated heterocycles. The number of nitrogens with zero attached hydrogens (tertiary/aromatic N) is 4. The first-order valence-corrected chi connectivity index (χ1v) is 6.45. The second-order valence-electron chi connectivity index (χ2n) is 4.48. The first-order chi connectivity index (χ1) is 9.13. The van der Waals surface area contributed by atoms with E-state index in [-0.39, 0.29) is 0 Å². The van der Waals surface area contributed by atoms with Crippen LogP contribution in [0.2, 0.25) is 0 Å². The lowest BCUT2D eigenvalue weighted by Crippen LogP contribution is -2.17. The fraction of sp³-hybridized carbons (Fsp3) is 0.286. The van der Waals surface area contributed by atoms with Crippen molar-refractivity contribution in [1.29, 1.82) is 5.26 Å². The minimum absolute atomic E-state index is 0.418. The molecule has 1 aromatic carbocycles. The standard InChI is InChI=1S/C14H15ClN4/c1-18(9-12-8-17-19(2)10-12)14-4-3-11(6-15)5-13(14)7-16/h3-5,8,10H,6,9H2,1-2H3. The van der Waals surface area contributed by atoms with Crippen molar-refractivity contribution in [2.45, 2.75) is 12.4 Å². The second kappa shape index (κ2) is 5.77. The average molecular weight is 275 g/mol. The molecule has 0 spiro atoms. The van der Waals surface area contributed by atoms with Gasteiger partial charge < -0.3 is 4.90 Å². The van der Waals surface area contributed by atoms with Crippen LogP contribution in [0.25, 0.3) is 0 Å². The van der Waals surface area contributed by atoms with Crippen molar-refractivity contribution < 1.29 is 0 Å². The van der Waals surface area contributed by atoms with Gasteiger partial charge in [0.15, 0.2) is 0 Å². The summed E-state index contributed by atoms with van der Waals surface area (Å²) in [6, 6.07) is 7.94. The molecule has 98 valence electrons. The Morgan fingerprint density at radius 2 is 2.21 bits per heavy atom. The molecule has 0 bridgehead atoms. The molecule has 5 heteroatoms. The van der Waals surface area contributed by atoms with Gasteiger partial charge in [-0.15, -0.1) is 11.6 Å². The van der Waals surface area contributed by atoms with E-state index in [9.17, 15) is 5.26 Å². The Kier molecular flexibility index (Phi) is 4.08. The lowest BCUT2D eigenvalue weighted by molar-refractivity contribution is 0.766. The minimum atomic E-state index is 0.418. The molecular formula is C14H15ClN4. The van der Waals surface area contributed by atoms with Crippen LogP contribution in [0.5, 0.6) is 0 Å². The molecule has 0 amide bonds. The van der Waals surface area contributed by atoms with E-state index < -0.39 is 0 Å². The Labute approximate surface area is 117 Å². The van der Waals surface area contributed by atoms with Gasteiger partial charge in [-0.1, -0.05) is 6.07 Å². The number of aromatic nitrogens is 2. The summed E-state index contributed by atoms with van der Waals surface area (Å²) in [7, 11) is 3.85. The van der Waals surface area contributed by atoms with Gasteiger partial charge in [-0.3, -0.25) is 4.68 Å². The number of alkyl halides is 1. The molecule has 0 atom stereocenters. The van der Waals surface area contributed by atoms with Crippen LogP contribution >= 0.6 is 11.6 Å². The van der Waals surface area contributed by atoms with E-state index >= 15 is 0 Å². The van der Waals surface area contributed by atoms with E-state index in [1.165, 1.54) is 0 Å². The number of aryl methyl sites for hydroxylation is 1. The van der Waals surface area contributed by atoms with Crippen molar-refractivity contribution in [3.8, 4) is 6.07 Å². The average Bonchev–Trinajstić information content (AvgIpc) is 2.83. The van der Waals surface area contributed by atoms with E-state index in [0.29, 0.717) is 18.0 Å². The van der Waals surface area contributed by atoms with Gasteiger partial charge in [-0.2, -0.15) is 10.4 Å². The highest BCUT2D eigenvalue weighted by molar-refractivity contribution is 6.17. The molecule has 4 nitrogen and oxygen atoms in total. The van der Waals surface area contributed by atoms with Gasteiger partial charge in [-0.25, -0.2) is 0 Å². The van der Waals surface area contributed by atoms with Crippen LogP contribution in [0.1, 0.15) is 16.7 Å². The van der Waals surface area contributed by atoms with Gasteiger partial charge >= 0.3 is 0 Å². The van der Waals surface area contributed by atoms with Gasteiger partial charge in [-0.05, 0) is 17.7 Å². The molecule has 2 aromatic rings. The Morgan fingerprint density at radius 3 is 2.79 bits per heavy atom. The van der Waals surface area contributed by atoms with Crippen LogP contribution in [0.4, 0.5) is 5.69 Å². The van der Waals surface area contributed by atoms with Crippen LogP contribution < -0.4 is 4.90 Å². The molecule has 0 aliphatic heterocycles. The Hall–Kier alpha value is -1.99. The van der Waals surface area contributed by atoms with Gasteiger partial charge in [0.25, 0.3) is 0 Å². The fourth-order valence-electron chi connectivity index (χ4n) is 2.00. The number of anilines is 1. The normalized spacial score (nSPS) is 10.2. The fourth-order valence-corrected chi connectivity index (χ4v) is 2.17. The number of hydrogen-bond acceptors (Lipinski definition) is 3. The monoisotopic (exact) mass is 274 g/mol. The van der Waals surface area contributed by atoms with Gasteiger partial charge in [0.05, 0.1) is 17.4 Å². The molecule has 0 aliphatic carbocycles. The second-order valence-corrected chi connectivity index (χ2v) is 4.74. The zero-order chi connectivity index (χ0) is 13.8. The minimum Gasteiger partial charge on any atom is -0.369 e. The number of hydrogen-bond donors (Lipinski definition) is 0. The molecule has 0 aliphatic rings. The van der Waals surface area contributed by atoms with Crippen LogP contribution in [0, 0.1) is 11.3 Å². The molecule has 19 heavy (non-hydrogen) atoms. The largest absolute Gasteiger partial charge is 0.369 e. The van der Waals surface area contributed by atoms with Crippen LogP contribution in [0.3, 0.4) is 0 Å². The van der Waals surface area contributed by atoms with Crippen molar-refractivity contribution in [3.63, 3.8) is 0 Å². The van der Waals surface area contributed by atoms with Crippen molar-refractivity contribution in [1.82, 2.24) is 9.78 Å². The summed E-state index contributed by atoms with van der Waals surface area (Å²) in [4.78, 5) is 2.04. The third-order valence-electron chi connectivity index (χ3n) is 2.93. The molecule has 0 N–H and O–H groups in total. The summed E-state index contributed by atoms with van der Waals surface area (Å²) in [6.07, 6.45) is 3.80.